The second-order valence-electron chi connectivity index (χ2n) is 4.03. The van der Waals surface area contributed by atoms with E-state index in [0.717, 1.165) is 13.0 Å². The van der Waals surface area contributed by atoms with Gasteiger partial charge in [0.2, 0.25) is 11.7 Å². The lowest BCUT2D eigenvalue weighted by Gasteiger charge is -2.08. The van der Waals surface area contributed by atoms with Crippen LogP contribution in [0.4, 0.5) is 0 Å². The molecule has 3 rings (SSSR count). The van der Waals surface area contributed by atoms with Crippen molar-refractivity contribution in [3.8, 4) is 11.6 Å². The predicted molar refractivity (Wildman–Crippen MR) is 56.7 cm³/mol. The minimum atomic E-state index is 0.316. The molecular weight excluding hydrogens is 206 g/mol. The van der Waals surface area contributed by atoms with Crippen molar-refractivity contribution in [3.63, 3.8) is 0 Å². The summed E-state index contributed by atoms with van der Waals surface area (Å²) in [6.07, 6.45) is 4.46. The Morgan fingerprint density at radius 3 is 3.12 bits per heavy atom. The van der Waals surface area contributed by atoms with Gasteiger partial charge >= 0.3 is 0 Å². The molecule has 0 spiro atoms. The van der Waals surface area contributed by atoms with Gasteiger partial charge in [0.05, 0.1) is 5.92 Å². The van der Waals surface area contributed by atoms with Gasteiger partial charge in [-0.1, -0.05) is 5.16 Å². The van der Waals surface area contributed by atoms with Crippen molar-refractivity contribution in [3.05, 3.63) is 18.3 Å². The van der Waals surface area contributed by atoms with E-state index in [1.807, 2.05) is 0 Å². The van der Waals surface area contributed by atoms with Gasteiger partial charge in [0.1, 0.15) is 0 Å². The number of hydrogen-bond acceptors (Lipinski definition) is 5. The standard InChI is InChI=1S/C10H13N5O/c1-6-7(2-3-11-6)10-14-9(15-16-10)8-12-4-5-13-8/h4-7,11H,2-3H2,1H3,(H,12,13). The second kappa shape index (κ2) is 3.71. The number of aromatic amines is 1. The van der Waals surface area contributed by atoms with Crippen molar-refractivity contribution in [2.45, 2.75) is 25.3 Å². The number of imidazole rings is 1. The van der Waals surface area contributed by atoms with E-state index in [0.29, 0.717) is 29.5 Å². The molecule has 0 bridgehead atoms. The average molecular weight is 219 g/mol. The largest absolute Gasteiger partial charge is 0.342 e. The summed E-state index contributed by atoms with van der Waals surface area (Å²) in [7, 11) is 0. The first-order valence-corrected chi connectivity index (χ1v) is 5.41. The van der Waals surface area contributed by atoms with Gasteiger partial charge in [0.25, 0.3) is 0 Å². The van der Waals surface area contributed by atoms with E-state index in [4.69, 9.17) is 4.52 Å². The highest BCUT2D eigenvalue weighted by Crippen LogP contribution is 2.27. The van der Waals surface area contributed by atoms with E-state index in [9.17, 15) is 0 Å². The third kappa shape index (κ3) is 1.51. The van der Waals surface area contributed by atoms with Crippen LogP contribution in [0.1, 0.15) is 25.2 Å². The number of rotatable bonds is 2. The predicted octanol–water partition coefficient (Wildman–Crippen LogP) is 0.925. The van der Waals surface area contributed by atoms with Crippen molar-refractivity contribution in [1.82, 2.24) is 25.4 Å². The molecule has 0 aliphatic carbocycles. The molecule has 2 unspecified atom stereocenters. The van der Waals surface area contributed by atoms with Crippen LogP contribution in [0.3, 0.4) is 0 Å². The van der Waals surface area contributed by atoms with Crippen LogP contribution in [0.25, 0.3) is 11.6 Å². The molecule has 3 heterocycles. The van der Waals surface area contributed by atoms with E-state index >= 15 is 0 Å². The molecule has 0 radical (unpaired) electrons. The summed E-state index contributed by atoms with van der Waals surface area (Å²) in [6, 6.07) is 0.393. The molecule has 2 aromatic heterocycles. The van der Waals surface area contributed by atoms with Crippen LogP contribution < -0.4 is 5.32 Å². The molecule has 2 atom stereocenters. The molecule has 16 heavy (non-hydrogen) atoms. The number of nitrogens with one attached hydrogen (secondary N) is 2. The van der Waals surface area contributed by atoms with Gasteiger partial charge in [-0.05, 0) is 19.9 Å². The first-order valence-electron chi connectivity index (χ1n) is 5.41. The SMILES string of the molecule is CC1NCCC1c1nc(-c2ncc[nH]2)no1. The van der Waals surface area contributed by atoms with E-state index in [1.54, 1.807) is 12.4 Å². The Hall–Kier alpha value is -1.69. The molecule has 1 fully saturated rings. The maximum Gasteiger partial charge on any atom is 0.238 e. The van der Waals surface area contributed by atoms with Gasteiger partial charge in [-0.3, -0.25) is 0 Å². The molecule has 2 N–H and O–H groups in total. The molecule has 6 heteroatoms. The molecule has 0 saturated carbocycles. The Balaban J connectivity index is 1.88. The Bertz CT molecular complexity index is 463. The quantitative estimate of drug-likeness (QED) is 0.785. The molecule has 2 aromatic rings. The monoisotopic (exact) mass is 219 g/mol. The minimum Gasteiger partial charge on any atom is -0.342 e. The number of hydrogen-bond donors (Lipinski definition) is 2. The maximum atomic E-state index is 5.28. The first kappa shape index (κ1) is 9.53. The smallest absolute Gasteiger partial charge is 0.238 e. The van der Waals surface area contributed by atoms with Gasteiger partial charge in [-0.2, -0.15) is 4.98 Å². The topological polar surface area (TPSA) is 79.6 Å². The Labute approximate surface area is 92.5 Å². The van der Waals surface area contributed by atoms with Crippen LogP contribution in [0.5, 0.6) is 0 Å². The van der Waals surface area contributed by atoms with Crippen LogP contribution in [0.2, 0.25) is 0 Å². The summed E-state index contributed by atoms with van der Waals surface area (Å²) in [6.45, 7) is 3.14. The Kier molecular flexibility index (Phi) is 2.21. The minimum absolute atomic E-state index is 0.316. The van der Waals surface area contributed by atoms with E-state index in [1.165, 1.54) is 0 Å². The lowest BCUT2D eigenvalue weighted by Crippen LogP contribution is -2.21. The summed E-state index contributed by atoms with van der Waals surface area (Å²) in [5.41, 5.74) is 0. The molecular formula is C10H13N5O. The highest BCUT2D eigenvalue weighted by atomic mass is 16.5. The number of aromatic nitrogens is 4. The van der Waals surface area contributed by atoms with Crippen molar-refractivity contribution in [2.24, 2.45) is 0 Å². The highest BCUT2D eigenvalue weighted by molar-refractivity contribution is 5.40. The summed E-state index contributed by atoms with van der Waals surface area (Å²) < 4.78 is 5.28. The zero-order valence-electron chi connectivity index (χ0n) is 8.97. The summed E-state index contributed by atoms with van der Waals surface area (Å²) in [5, 5.41) is 7.29. The lowest BCUT2D eigenvalue weighted by atomic mass is 10.0. The Morgan fingerprint density at radius 2 is 2.44 bits per heavy atom. The van der Waals surface area contributed by atoms with Crippen molar-refractivity contribution in [2.75, 3.05) is 6.54 Å². The van der Waals surface area contributed by atoms with E-state index in [-0.39, 0.29) is 0 Å². The third-order valence-electron chi connectivity index (χ3n) is 2.99. The fourth-order valence-corrected chi connectivity index (χ4v) is 2.07. The van der Waals surface area contributed by atoms with Crippen molar-refractivity contribution in [1.29, 1.82) is 0 Å². The first-order chi connectivity index (χ1) is 7.84. The fourth-order valence-electron chi connectivity index (χ4n) is 2.07. The molecule has 0 amide bonds. The van der Waals surface area contributed by atoms with Crippen LogP contribution >= 0.6 is 0 Å². The molecule has 1 aliphatic rings. The van der Waals surface area contributed by atoms with Crippen molar-refractivity contribution >= 4 is 0 Å². The zero-order valence-corrected chi connectivity index (χ0v) is 8.97. The normalized spacial score (nSPS) is 25.1. The van der Waals surface area contributed by atoms with Crippen LogP contribution in [-0.4, -0.2) is 32.7 Å². The molecule has 1 saturated heterocycles. The number of H-pyrrole nitrogens is 1. The molecule has 84 valence electrons. The summed E-state index contributed by atoms with van der Waals surface area (Å²) in [5.74, 6) is 2.19. The zero-order chi connectivity index (χ0) is 11.0. The van der Waals surface area contributed by atoms with Crippen molar-refractivity contribution < 1.29 is 4.52 Å². The number of nitrogens with zero attached hydrogens (tertiary/aromatic N) is 3. The third-order valence-corrected chi connectivity index (χ3v) is 2.99. The summed E-state index contributed by atoms with van der Waals surface area (Å²) in [4.78, 5) is 11.4. The van der Waals surface area contributed by atoms with E-state index in [2.05, 4.69) is 32.3 Å². The molecule has 6 nitrogen and oxygen atoms in total. The average Bonchev–Trinajstić information content (AvgIpc) is 2.96. The van der Waals surface area contributed by atoms with Gasteiger partial charge in [0, 0.05) is 18.4 Å². The highest BCUT2D eigenvalue weighted by Gasteiger charge is 2.29. The molecule has 1 aliphatic heterocycles. The Morgan fingerprint density at radius 1 is 1.50 bits per heavy atom. The maximum absolute atomic E-state index is 5.28. The van der Waals surface area contributed by atoms with Gasteiger partial charge in [-0.15, -0.1) is 0 Å². The fraction of sp³-hybridized carbons (Fsp3) is 0.500. The lowest BCUT2D eigenvalue weighted by molar-refractivity contribution is 0.345. The van der Waals surface area contributed by atoms with Crippen LogP contribution in [0.15, 0.2) is 16.9 Å². The van der Waals surface area contributed by atoms with Crippen LogP contribution in [0, 0.1) is 0 Å². The van der Waals surface area contributed by atoms with Gasteiger partial charge < -0.3 is 14.8 Å². The molecule has 0 aromatic carbocycles. The second-order valence-corrected chi connectivity index (χ2v) is 4.03. The van der Waals surface area contributed by atoms with Gasteiger partial charge in [-0.25, -0.2) is 4.98 Å². The van der Waals surface area contributed by atoms with Gasteiger partial charge in [0.15, 0.2) is 5.82 Å². The summed E-state index contributed by atoms with van der Waals surface area (Å²) >= 11 is 0. The van der Waals surface area contributed by atoms with E-state index < -0.39 is 0 Å². The van der Waals surface area contributed by atoms with Crippen LogP contribution in [-0.2, 0) is 0 Å².